The van der Waals surface area contributed by atoms with Gasteiger partial charge >= 0.3 is 5.97 Å². The fourth-order valence-corrected chi connectivity index (χ4v) is 1.91. The lowest BCUT2D eigenvalue weighted by molar-refractivity contribution is -0.147. The Labute approximate surface area is 87.9 Å². The minimum Gasteiger partial charge on any atom is -0.497 e. The molecule has 0 bridgehead atoms. The standard InChI is InChI=1S/C11H13NO3/c1-15-8-3-6-12-9(7-8)11(10(13)14)4-2-5-11/h3,6-7H,2,4-5H2,1H3,(H,13,14). The molecule has 15 heavy (non-hydrogen) atoms. The molecule has 1 aromatic rings. The third-order valence-corrected chi connectivity index (χ3v) is 3.07. The van der Waals surface area contributed by atoms with Crippen molar-refractivity contribution in [2.75, 3.05) is 7.11 Å². The third kappa shape index (κ3) is 1.46. The van der Waals surface area contributed by atoms with E-state index in [0.29, 0.717) is 24.3 Å². The summed E-state index contributed by atoms with van der Waals surface area (Å²) < 4.78 is 5.07. The SMILES string of the molecule is COc1ccnc(C2(C(=O)O)CCC2)c1. The minimum atomic E-state index is -0.783. The molecule has 1 saturated carbocycles. The van der Waals surface area contributed by atoms with Crippen LogP contribution in [0, 0.1) is 0 Å². The molecule has 0 saturated heterocycles. The maximum Gasteiger partial charge on any atom is 0.315 e. The lowest BCUT2D eigenvalue weighted by atomic mass is 9.66. The predicted molar refractivity (Wildman–Crippen MR) is 54.0 cm³/mol. The van der Waals surface area contributed by atoms with Crippen LogP contribution in [0.4, 0.5) is 0 Å². The first-order valence-corrected chi connectivity index (χ1v) is 4.93. The van der Waals surface area contributed by atoms with Crippen molar-refractivity contribution in [2.24, 2.45) is 0 Å². The molecule has 1 aromatic heterocycles. The summed E-state index contributed by atoms with van der Waals surface area (Å²) in [6.45, 7) is 0. The number of hydrogen-bond acceptors (Lipinski definition) is 3. The van der Waals surface area contributed by atoms with Crippen molar-refractivity contribution in [3.63, 3.8) is 0 Å². The number of hydrogen-bond donors (Lipinski definition) is 1. The molecule has 0 aromatic carbocycles. The monoisotopic (exact) mass is 207 g/mol. The Morgan fingerprint density at radius 2 is 2.33 bits per heavy atom. The summed E-state index contributed by atoms with van der Waals surface area (Å²) in [6.07, 6.45) is 3.88. The van der Waals surface area contributed by atoms with Gasteiger partial charge in [-0.1, -0.05) is 6.42 Å². The number of rotatable bonds is 3. The van der Waals surface area contributed by atoms with Crippen LogP contribution < -0.4 is 4.74 Å². The van der Waals surface area contributed by atoms with Gasteiger partial charge in [0.15, 0.2) is 0 Å². The zero-order valence-corrected chi connectivity index (χ0v) is 8.56. The Morgan fingerprint density at radius 3 is 2.80 bits per heavy atom. The van der Waals surface area contributed by atoms with Crippen LogP contribution in [-0.2, 0) is 10.2 Å². The van der Waals surface area contributed by atoms with E-state index in [2.05, 4.69) is 4.98 Å². The highest BCUT2D eigenvalue weighted by molar-refractivity contribution is 5.82. The normalized spacial score (nSPS) is 17.9. The van der Waals surface area contributed by atoms with E-state index >= 15 is 0 Å². The van der Waals surface area contributed by atoms with E-state index in [1.165, 1.54) is 0 Å². The molecule has 0 radical (unpaired) electrons. The molecule has 1 fully saturated rings. The molecular weight excluding hydrogens is 194 g/mol. The molecule has 0 unspecified atom stereocenters. The lowest BCUT2D eigenvalue weighted by Crippen LogP contribution is -2.43. The Hall–Kier alpha value is -1.58. The number of carbonyl (C=O) groups is 1. The zero-order chi connectivity index (χ0) is 10.9. The van der Waals surface area contributed by atoms with Crippen LogP contribution in [0.5, 0.6) is 5.75 Å². The molecule has 1 aliphatic rings. The minimum absolute atomic E-state index is 0.612. The van der Waals surface area contributed by atoms with Crippen molar-refractivity contribution in [3.05, 3.63) is 24.0 Å². The number of methoxy groups -OCH3 is 1. The first-order valence-electron chi connectivity index (χ1n) is 4.93. The molecule has 1 N–H and O–H groups in total. The van der Waals surface area contributed by atoms with Gasteiger partial charge in [0.25, 0.3) is 0 Å². The number of pyridine rings is 1. The van der Waals surface area contributed by atoms with Crippen molar-refractivity contribution >= 4 is 5.97 Å². The van der Waals surface area contributed by atoms with Gasteiger partial charge in [0, 0.05) is 12.3 Å². The van der Waals surface area contributed by atoms with Crippen LogP contribution in [0.3, 0.4) is 0 Å². The summed E-state index contributed by atoms with van der Waals surface area (Å²) in [5.41, 5.74) is -0.158. The second-order valence-corrected chi connectivity index (χ2v) is 3.82. The number of nitrogens with zero attached hydrogens (tertiary/aromatic N) is 1. The molecule has 2 rings (SSSR count). The van der Waals surface area contributed by atoms with Crippen LogP contribution in [0.2, 0.25) is 0 Å². The van der Waals surface area contributed by atoms with Gasteiger partial charge in [-0.2, -0.15) is 0 Å². The average Bonchev–Trinajstić information content (AvgIpc) is 2.16. The number of aliphatic carboxylic acids is 1. The number of carboxylic acids is 1. The van der Waals surface area contributed by atoms with Gasteiger partial charge < -0.3 is 9.84 Å². The van der Waals surface area contributed by atoms with E-state index in [0.717, 1.165) is 6.42 Å². The summed E-state index contributed by atoms with van der Waals surface area (Å²) in [4.78, 5) is 15.4. The maximum atomic E-state index is 11.2. The van der Waals surface area contributed by atoms with Gasteiger partial charge in [0.05, 0.1) is 12.8 Å². The molecule has 0 aliphatic heterocycles. The smallest absolute Gasteiger partial charge is 0.315 e. The number of carboxylic acid groups (broad SMARTS) is 1. The van der Waals surface area contributed by atoms with E-state index in [4.69, 9.17) is 4.74 Å². The van der Waals surface area contributed by atoms with Crippen LogP contribution in [-0.4, -0.2) is 23.2 Å². The first-order chi connectivity index (χ1) is 7.19. The summed E-state index contributed by atoms with van der Waals surface area (Å²) >= 11 is 0. The molecule has 80 valence electrons. The largest absolute Gasteiger partial charge is 0.497 e. The first kappa shape index (κ1) is 9.96. The van der Waals surface area contributed by atoms with Gasteiger partial charge in [-0.3, -0.25) is 9.78 Å². The molecule has 0 atom stereocenters. The molecule has 1 aliphatic carbocycles. The molecule has 1 heterocycles. The van der Waals surface area contributed by atoms with E-state index in [9.17, 15) is 9.90 Å². The maximum absolute atomic E-state index is 11.2. The molecule has 4 heteroatoms. The zero-order valence-electron chi connectivity index (χ0n) is 8.56. The summed E-state index contributed by atoms with van der Waals surface area (Å²) in [6, 6.07) is 3.44. The Morgan fingerprint density at radius 1 is 1.60 bits per heavy atom. The Kier molecular flexibility index (Phi) is 2.34. The summed E-state index contributed by atoms with van der Waals surface area (Å²) in [7, 11) is 1.56. The van der Waals surface area contributed by atoms with Gasteiger partial charge in [-0.15, -0.1) is 0 Å². The molecule has 0 amide bonds. The van der Waals surface area contributed by atoms with Gasteiger partial charge in [-0.05, 0) is 18.9 Å². The van der Waals surface area contributed by atoms with Crippen molar-refractivity contribution in [3.8, 4) is 5.75 Å². The third-order valence-electron chi connectivity index (χ3n) is 3.07. The second-order valence-electron chi connectivity index (χ2n) is 3.82. The van der Waals surface area contributed by atoms with Gasteiger partial charge in [-0.25, -0.2) is 0 Å². The fourth-order valence-electron chi connectivity index (χ4n) is 1.91. The highest BCUT2D eigenvalue weighted by Gasteiger charge is 2.47. The summed E-state index contributed by atoms with van der Waals surface area (Å²) in [5, 5.41) is 9.22. The predicted octanol–water partition coefficient (Wildman–Crippen LogP) is 1.60. The second kappa shape index (κ2) is 3.53. The summed E-state index contributed by atoms with van der Waals surface area (Å²) in [5.74, 6) is -0.123. The quantitative estimate of drug-likeness (QED) is 0.817. The molecule has 4 nitrogen and oxygen atoms in total. The Bertz CT molecular complexity index is 385. The van der Waals surface area contributed by atoms with E-state index in [-0.39, 0.29) is 0 Å². The van der Waals surface area contributed by atoms with Crippen molar-refractivity contribution in [1.29, 1.82) is 0 Å². The highest BCUT2D eigenvalue weighted by atomic mass is 16.5. The van der Waals surface area contributed by atoms with Crippen LogP contribution in [0.25, 0.3) is 0 Å². The lowest BCUT2D eigenvalue weighted by Gasteiger charge is -2.36. The fraction of sp³-hybridized carbons (Fsp3) is 0.455. The van der Waals surface area contributed by atoms with E-state index in [1.807, 2.05) is 0 Å². The van der Waals surface area contributed by atoms with Crippen molar-refractivity contribution in [1.82, 2.24) is 4.98 Å². The molecular formula is C11H13NO3. The average molecular weight is 207 g/mol. The highest BCUT2D eigenvalue weighted by Crippen LogP contribution is 2.43. The molecule has 0 spiro atoms. The van der Waals surface area contributed by atoms with Crippen LogP contribution in [0.15, 0.2) is 18.3 Å². The van der Waals surface area contributed by atoms with Gasteiger partial charge in [0.1, 0.15) is 11.2 Å². The van der Waals surface area contributed by atoms with E-state index in [1.54, 1.807) is 25.4 Å². The van der Waals surface area contributed by atoms with Crippen LogP contribution >= 0.6 is 0 Å². The Balaban J connectivity index is 2.38. The van der Waals surface area contributed by atoms with Gasteiger partial charge in [0.2, 0.25) is 0 Å². The van der Waals surface area contributed by atoms with Crippen LogP contribution in [0.1, 0.15) is 25.0 Å². The number of ether oxygens (including phenoxy) is 1. The number of aromatic nitrogens is 1. The topological polar surface area (TPSA) is 59.4 Å². The van der Waals surface area contributed by atoms with Crippen molar-refractivity contribution < 1.29 is 14.6 Å². The van der Waals surface area contributed by atoms with Crippen molar-refractivity contribution in [2.45, 2.75) is 24.7 Å². The van der Waals surface area contributed by atoms with E-state index < -0.39 is 11.4 Å².